The van der Waals surface area contributed by atoms with Crippen molar-refractivity contribution < 1.29 is 9.53 Å². The van der Waals surface area contributed by atoms with Crippen LogP contribution in [0.5, 0.6) is 0 Å². The van der Waals surface area contributed by atoms with E-state index in [-0.39, 0.29) is 11.6 Å². The molecule has 0 saturated carbocycles. The van der Waals surface area contributed by atoms with Crippen LogP contribution in [-0.4, -0.2) is 37.6 Å². The summed E-state index contributed by atoms with van der Waals surface area (Å²) in [5.74, 6) is 1.42. The molecule has 0 aliphatic carbocycles. The Morgan fingerprint density at radius 1 is 1.00 bits per heavy atom. The molecule has 1 saturated heterocycles. The van der Waals surface area contributed by atoms with E-state index < -0.39 is 8.32 Å². The largest absolute Gasteiger partial charge is 0.406 e. The minimum Gasteiger partial charge on any atom is -0.406 e. The van der Waals surface area contributed by atoms with Gasteiger partial charge < -0.3 is 9.53 Å². The van der Waals surface area contributed by atoms with Crippen LogP contribution in [0.2, 0.25) is 5.04 Å². The number of thioether (sulfide) groups is 1. The summed E-state index contributed by atoms with van der Waals surface area (Å²) in [6, 6.07) is 21.5. The van der Waals surface area contributed by atoms with Crippen molar-refractivity contribution in [1.29, 1.82) is 0 Å². The fourth-order valence-electron chi connectivity index (χ4n) is 3.69. The average molecular weight is 373 g/mol. The molecule has 3 rings (SSSR count). The van der Waals surface area contributed by atoms with Crippen molar-refractivity contribution in [2.24, 2.45) is 5.92 Å². The molecule has 0 bridgehead atoms. The van der Waals surface area contributed by atoms with Crippen LogP contribution >= 0.6 is 11.8 Å². The molecule has 1 aliphatic rings. The van der Waals surface area contributed by atoms with Gasteiger partial charge in [-0.15, -0.1) is 0 Å². The Balaban J connectivity index is 2.03. The molecule has 1 N–H and O–H groups in total. The third kappa shape index (κ3) is 3.58. The lowest BCUT2D eigenvalue weighted by Crippen LogP contribution is -2.67. The molecule has 25 heavy (non-hydrogen) atoms. The van der Waals surface area contributed by atoms with Crippen LogP contribution in [0.3, 0.4) is 0 Å². The molecule has 0 spiro atoms. The van der Waals surface area contributed by atoms with Gasteiger partial charge in [0.2, 0.25) is 0 Å². The molecular formula is C21H28O2SSi. The molecular weight excluding hydrogens is 344 g/mol. The maximum atomic E-state index is 9.52. The highest BCUT2D eigenvalue weighted by Gasteiger charge is 2.51. The summed E-state index contributed by atoms with van der Waals surface area (Å²) >= 11 is 1.92. The second kappa shape index (κ2) is 7.66. The summed E-state index contributed by atoms with van der Waals surface area (Å²) < 4.78 is 6.91. The number of benzene rings is 2. The maximum absolute atomic E-state index is 9.52. The first-order chi connectivity index (χ1) is 12.0. The predicted octanol–water partition coefficient (Wildman–Crippen LogP) is 3.29. The van der Waals surface area contributed by atoms with Crippen LogP contribution in [-0.2, 0) is 4.43 Å². The van der Waals surface area contributed by atoms with E-state index in [1.807, 2.05) is 11.8 Å². The van der Waals surface area contributed by atoms with Gasteiger partial charge in [-0.25, -0.2) is 0 Å². The highest BCUT2D eigenvalue weighted by atomic mass is 32.2. The monoisotopic (exact) mass is 372 g/mol. The maximum Gasteiger partial charge on any atom is 0.261 e. The van der Waals surface area contributed by atoms with E-state index in [0.717, 1.165) is 5.75 Å². The van der Waals surface area contributed by atoms with Crippen molar-refractivity contribution in [3.63, 3.8) is 0 Å². The molecule has 2 aromatic rings. The normalized spacial score (nSPS) is 21.0. The number of hydrogen-bond acceptors (Lipinski definition) is 3. The van der Waals surface area contributed by atoms with E-state index >= 15 is 0 Å². The predicted molar refractivity (Wildman–Crippen MR) is 110 cm³/mol. The minimum absolute atomic E-state index is 0.0127. The summed E-state index contributed by atoms with van der Waals surface area (Å²) in [6.07, 6.45) is 0. The van der Waals surface area contributed by atoms with Gasteiger partial charge in [0.1, 0.15) is 0 Å². The molecule has 0 aromatic heterocycles. The quantitative estimate of drug-likeness (QED) is 0.789. The van der Waals surface area contributed by atoms with Gasteiger partial charge in [-0.05, 0) is 21.2 Å². The van der Waals surface area contributed by atoms with Crippen molar-refractivity contribution in [3.05, 3.63) is 60.7 Å². The van der Waals surface area contributed by atoms with Gasteiger partial charge in [0.15, 0.2) is 0 Å². The molecule has 2 aromatic carbocycles. The van der Waals surface area contributed by atoms with E-state index in [1.54, 1.807) is 0 Å². The summed E-state index contributed by atoms with van der Waals surface area (Å²) in [6.45, 7) is 7.88. The third-order valence-electron chi connectivity index (χ3n) is 5.17. The summed E-state index contributed by atoms with van der Waals surface area (Å²) in [5, 5.41) is 12.6. The van der Waals surface area contributed by atoms with Crippen LogP contribution in [0, 0.1) is 5.92 Å². The zero-order valence-electron chi connectivity index (χ0n) is 15.3. The van der Waals surface area contributed by atoms with Crippen LogP contribution in [0.15, 0.2) is 60.7 Å². The van der Waals surface area contributed by atoms with Gasteiger partial charge in [0.05, 0.1) is 0 Å². The van der Waals surface area contributed by atoms with Crippen LogP contribution < -0.4 is 10.4 Å². The zero-order valence-corrected chi connectivity index (χ0v) is 17.1. The fourth-order valence-corrected chi connectivity index (χ4v) is 9.49. The molecule has 1 heterocycles. The Hall–Kier alpha value is -1.07. The fraction of sp³-hybridized carbons (Fsp3) is 0.429. The number of hydrogen-bond donors (Lipinski definition) is 1. The second-order valence-electron chi connectivity index (χ2n) is 7.79. The Morgan fingerprint density at radius 3 is 1.88 bits per heavy atom. The average Bonchev–Trinajstić information content (AvgIpc) is 2.58. The van der Waals surface area contributed by atoms with E-state index in [9.17, 15) is 5.11 Å². The zero-order chi connectivity index (χ0) is 17.9. The van der Waals surface area contributed by atoms with E-state index in [2.05, 4.69) is 81.4 Å². The van der Waals surface area contributed by atoms with Crippen molar-refractivity contribution in [2.75, 3.05) is 19.0 Å². The SMILES string of the molecule is CC(C)(C)[Si](OC[C@@H]1SC[C@H]1CO)(c1ccccc1)c1ccccc1. The Kier molecular flexibility index (Phi) is 5.74. The highest BCUT2D eigenvalue weighted by Crippen LogP contribution is 2.39. The first kappa shape index (κ1) is 18.7. The van der Waals surface area contributed by atoms with Crippen LogP contribution in [0.1, 0.15) is 20.8 Å². The molecule has 4 heteroatoms. The lowest BCUT2D eigenvalue weighted by Gasteiger charge is -2.45. The van der Waals surface area contributed by atoms with Crippen molar-refractivity contribution in [2.45, 2.75) is 31.1 Å². The molecule has 0 unspecified atom stereocenters. The van der Waals surface area contributed by atoms with Gasteiger partial charge in [-0.3, -0.25) is 0 Å². The second-order valence-corrected chi connectivity index (χ2v) is 13.4. The molecule has 2 nitrogen and oxygen atoms in total. The van der Waals surface area contributed by atoms with Crippen molar-refractivity contribution in [1.82, 2.24) is 0 Å². The van der Waals surface area contributed by atoms with Crippen molar-refractivity contribution in [3.8, 4) is 0 Å². The van der Waals surface area contributed by atoms with Crippen LogP contribution in [0.4, 0.5) is 0 Å². The first-order valence-corrected chi connectivity index (χ1v) is 11.9. The summed E-state index contributed by atoms with van der Waals surface area (Å²) in [5.41, 5.74) is 0. The molecule has 0 radical (unpaired) electrons. The standard InChI is InChI=1S/C21H28O2SSi/c1-21(2,3)25(18-10-6-4-7-11-18,19-12-8-5-9-13-19)23-15-20-17(14-22)16-24-20/h4-13,17,20,22H,14-16H2,1-3H3/t17-,20+/m1/s1. The van der Waals surface area contributed by atoms with Gasteiger partial charge >= 0.3 is 0 Å². The minimum atomic E-state index is -2.43. The number of aliphatic hydroxyl groups excluding tert-OH is 1. The molecule has 1 fully saturated rings. The lowest BCUT2D eigenvalue weighted by atomic mass is 10.1. The van der Waals surface area contributed by atoms with E-state index in [1.165, 1.54) is 10.4 Å². The lowest BCUT2D eigenvalue weighted by molar-refractivity contribution is 0.196. The summed E-state index contributed by atoms with van der Waals surface area (Å²) in [4.78, 5) is 0. The molecule has 2 atom stereocenters. The smallest absolute Gasteiger partial charge is 0.261 e. The molecule has 0 amide bonds. The topological polar surface area (TPSA) is 29.5 Å². The summed E-state index contributed by atoms with van der Waals surface area (Å²) in [7, 11) is -2.43. The van der Waals surface area contributed by atoms with Gasteiger partial charge in [0.25, 0.3) is 8.32 Å². The Morgan fingerprint density at radius 2 is 1.52 bits per heavy atom. The van der Waals surface area contributed by atoms with Crippen molar-refractivity contribution >= 4 is 30.5 Å². The van der Waals surface area contributed by atoms with E-state index in [4.69, 9.17) is 4.43 Å². The third-order valence-corrected chi connectivity index (χ3v) is 11.7. The van der Waals surface area contributed by atoms with Gasteiger partial charge in [-0.2, -0.15) is 11.8 Å². The molecule has 1 aliphatic heterocycles. The Bertz CT molecular complexity index is 628. The van der Waals surface area contributed by atoms with Gasteiger partial charge in [0, 0.05) is 24.4 Å². The first-order valence-electron chi connectivity index (χ1n) is 8.96. The number of aliphatic hydroxyl groups is 1. The van der Waals surface area contributed by atoms with Crippen LogP contribution in [0.25, 0.3) is 0 Å². The van der Waals surface area contributed by atoms with Gasteiger partial charge in [-0.1, -0.05) is 81.4 Å². The number of rotatable bonds is 6. The Labute approximate surface area is 156 Å². The highest BCUT2D eigenvalue weighted by molar-refractivity contribution is 8.01. The van der Waals surface area contributed by atoms with E-state index in [0.29, 0.717) is 17.8 Å². The molecule has 134 valence electrons.